The lowest BCUT2D eigenvalue weighted by atomic mass is 10.2. The number of hydrogen-bond donors (Lipinski definition) is 1. The number of carbonyl (C=O) groups is 1. The van der Waals surface area contributed by atoms with E-state index in [-0.39, 0.29) is 17.3 Å². The molecule has 1 saturated heterocycles. The zero-order valence-corrected chi connectivity index (χ0v) is 15.1. The monoisotopic (exact) mass is 375 g/mol. The van der Waals surface area contributed by atoms with Crippen LogP contribution in [0.25, 0.3) is 0 Å². The second-order valence-corrected chi connectivity index (χ2v) is 8.09. The Morgan fingerprint density at radius 1 is 1.04 bits per heavy atom. The van der Waals surface area contributed by atoms with Crippen LogP contribution in [0.4, 0.5) is 0 Å². The van der Waals surface area contributed by atoms with Crippen LogP contribution < -0.4 is 10.9 Å². The van der Waals surface area contributed by atoms with Crippen molar-refractivity contribution >= 4 is 15.9 Å². The highest BCUT2D eigenvalue weighted by molar-refractivity contribution is 7.89. The predicted octanol–water partition coefficient (Wildman–Crippen LogP) is 0.949. The summed E-state index contributed by atoms with van der Waals surface area (Å²) >= 11 is 0. The summed E-state index contributed by atoms with van der Waals surface area (Å²) in [5.41, 5.74) is 0.271. The molecule has 0 atom stereocenters. The van der Waals surface area contributed by atoms with Gasteiger partial charge in [-0.25, -0.2) is 8.42 Å². The van der Waals surface area contributed by atoms with Gasteiger partial charge in [-0.2, -0.15) is 4.31 Å². The van der Waals surface area contributed by atoms with Gasteiger partial charge in [0.2, 0.25) is 15.9 Å². The summed E-state index contributed by atoms with van der Waals surface area (Å²) in [5, 5.41) is 2.73. The molecular formula is C18H21N3O4S. The molecule has 138 valence electrons. The predicted molar refractivity (Wildman–Crippen MR) is 97.0 cm³/mol. The lowest BCUT2D eigenvalue weighted by molar-refractivity contribution is -0.121. The van der Waals surface area contributed by atoms with Gasteiger partial charge in [-0.1, -0.05) is 30.3 Å². The van der Waals surface area contributed by atoms with Crippen LogP contribution in [0.1, 0.15) is 18.4 Å². The van der Waals surface area contributed by atoms with Gasteiger partial charge in [0.25, 0.3) is 5.56 Å². The standard InChI is InChI=1S/C18H21N3O4S/c22-17(19-13-15-7-2-1-3-8-15)14-20-10-6-9-16(18(20)23)26(24,25)21-11-4-5-12-21/h1-3,6-10H,4-5,11-14H2,(H,19,22). The lowest BCUT2D eigenvalue weighted by Crippen LogP contribution is -2.37. The van der Waals surface area contributed by atoms with E-state index >= 15 is 0 Å². The second-order valence-electron chi connectivity index (χ2n) is 6.18. The highest BCUT2D eigenvalue weighted by atomic mass is 32.2. The lowest BCUT2D eigenvalue weighted by Gasteiger charge is -2.16. The maximum absolute atomic E-state index is 12.6. The molecule has 0 saturated carbocycles. The Morgan fingerprint density at radius 3 is 2.42 bits per heavy atom. The molecule has 1 amide bonds. The van der Waals surface area contributed by atoms with E-state index in [2.05, 4.69) is 5.32 Å². The topological polar surface area (TPSA) is 88.5 Å². The maximum Gasteiger partial charge on any atom is 0.271 e. The summed E-state index contributed by atoms with van der Waals surface area (Å²) in [6, 6.07) is 12.2. The van der Waals surface area contributed by atoms with Crippen molar-refractivity contribution in [3.63, 3.8) is 0 Å². The normalized spacial score (nSPS) is 15.1. The van der Waals surface area contributed by atoms with Gasteiger partial charge in [0, 0.05) is 25.8 Å². The molecule has 0 aliphatic carbocycles. The third-order valence-electron chi connectivity index (χ3n) is 4.31. The molecule has 3 rings (SSSR count). The number of pyridine rings is 1. The molecule has 0 spiro atoms. The van der Waals surface area contributed by atoms with Crippen LogP contribution in [0.5, 0.6) is 0 Å². The number of benzene rings is 1. The summed E-state index contributed by atoms with van der Waals surface area (Å²) in [6.07, 6.45) is 3.01. The Labute approximate surface area is 152 Å². The van der Waals surface area contributed by atoms with E-state index in [1.807, 2.05) is 30.3 Å². The fourth-order valence-corrected chi connectivity index (χ4v) is 4.52. The van der Waals surface area contributed by atoms with E-state index in [0.717, 1.165) is 23.0 Å². The molecular weight excluding hydrogens is 354 g/mol. The van der Waals surface area contributed by atoms with E-state index in [9.17, 15) is 18.0 Å². The van der Waals surface area contributed by atoms with Crippen molar-refractivity contribution < 1.29 is 13.2 Å². The SMILES string of the molecule is O=C(Cn1cccc(S(=O)(=O)N2CCCC2)c1=O)NCc1ccccc1. The molecule has 0 unspecified atom stereocenters. The van der Waals surface area contributed by atoms with Crippen LogP contribution >= 0.6 is 0 Å². The van der Waals surface area contributed by atoms with Gasteiger partial charge in [0.05, 0.1) is 0 Å². The van der Waals surface area contributed by atoms with Gasteiger partial charge in [-0.3, -0.25) is 9.59 Å². The van der Waals surface area contributed by atoms with Crippen molar-refractivity contribution in [3.05, 3.63) is 64.6 Å². The van der Waals surface area contributed by atoms with E-state index in [4.69, 9.17) is 0 Å². The van der Waals surface area contributed by atoms with Crippen LogP contribution in [-0.4, -0.2) is 36.3 Å². The van der Waals surface area contributed by atoms with E-state index < -0.39 is 15.6 Å². The van der Waals surface area contributed by atoms with Gasteiger partial charge < -0.3 is 9.88 Å². The number of rotatable bonds is 6. The first kappa shape index (κ1) is 18.3. The van der Waals surface area contributed by atoms with Crippen molar-refractivity contribution in [1.29, 1.82) is 0 Å². The first-order valence-corrected chi connectivity index (χ1v) is 9.93. The molecule has 0 radical (unpaired) electrons. The number of aromatic nitrogens is 1. The summed E-state index contributed by atoms with van der Waals surface area (Å²) in [7, 11) is -3.81. The van der Waals surface area contributed by atoms with Gasteiger partial charge in [0.15, 0.2) is 0 Å². The highest BCUT2D eigenvalue weighted by Gasteiger charge is 2.29. The number of hydrogen-bond acceptors (Lipinski definition) is 4. The fourth-order valence-electron chi connectivity index (χ4n) is 2.91. The first-order chi connectivity index (χ1) is 12.5. The van der Waals surface area contributed by atoms with E-state index in [1.54, 1.807) is 0 Å². The van der Waals surface area contributed by atoms with Crippen LogP contribution in [0.2, 0.25) is 0 Å². The third kappa shape index (κ3) is 4.03. The molecule has 1 aromatic heterocycles. The minimum Gasteiger partial charge on any atom is -0.350 e. The molecule has 1 aliphatic heterocycles. The zero-order chi connectivity index (χ0) is 18.6. The van der Waals surface area contributed by atoms with Gasteiger partial charge in [-0.05, 0) is 30.5 Å². The van der Waals surface area contributed by atoms with Crippen molar-refractivity contribution in [3.8, 4) is 0 Å². The van der Waals surface area contributed by atoms with Crippen LogP contribution in [0, 0.1) is 0 Å². The van der Waals surface area contributed by atoms with Gasteiger partial charge in [-0.15, -0.1) is 0 Å². The van der Waals surface area contributed by atoms with Crippen LogP contribution in [-0.2, 0) is 27.9 Å². The van der Waals surface area contributed by atoms with Gasteiger partial charge in [0.1, 0.15) is 11.4 Å². The first-order valence-electron chi connectivity index (χ1n) is 8.49. The molecule has 26 heavy (non-hydrogen) atoms. The van der Waals surface area contributed by atoms with E-state index in [1.165, 1.54) is 22.6 Å². The molecule has 8 heteroatoms. The summed E-state index contributed by atoms with van der Waals surface area (Å²) in [6.45, 7) is 0.970. The second kappa shape index (κ2) is 7.84. The van der Waals surface area contributed by atoms with Gasteiger partial charge >= 0.3 is 0 Å². The maximum atomic E-state index is 12.6. The molecule has 1 aliphatic rings. The Morgan fingerprint density at radius 2 is 1.73 bits per heavy atom. The third-order valence-corrected chi connectivity index (χ3v) is 6.23. The number of nitrogens with one attached hydrogen (secondary N) is 1. The molecule has 1 N–H and O–H groups in total. The van der Waals surface area contributed by atoms with Crippen LogP contribution in [0.3, 0.4) is 0 Å². The summed E-state index contributed by atoms with van der Waals surface area (Å²) in [4.78, 5) is 24.4. The largest absolute Gasteiger partial charge is 0.350 e. The Kier molecular flexibility index (Phi) is 5.53. The van der Waals surface area contributed by atoms with E-state index in [0.29, 0.717) is 19.6 Å². The highest BCUT2D eigenvalue weighted by Crippen LogP contribution is 2.18. The minimum absolute atomic E-state index is 0.227. The average Bonchev–Trinajstić information content (AvgIpc) is 3.18. The molecule has 0 bridgehead atoms. The van der Waals surface area contributed by atoms with Crippen LogP contribution in [0.15, 0.2) is 58.4 Å². The number of sulfonamides is 1. The minimum atomic E-state index is -3.81. The molecule has 2 heterocycles. The zero-order valence-electron chi connectivity index (χ0n) is 14.3. The Hall–Kier alpha value is -2.45. The quantitative estimate of drug-likeness (QED) is 0.814. The number of nitrogens with zero attached hydrogens (tertiary/aromatic N) is 2. The Balaban J connectivity index is 1.73. The molecule has 1 fully saturated rings. The molecule has 1 aromatic carbocycles. The van der Waals surface area contributed by atoms with Crippen molar-refractivity contribution in [2.75, 3.05) is 13.1 Å². The summed E-state index contributed by atoms with van der Waals surface area (Å²) < 4.78 is 27.7. The molecule has 7 nitrogen and oxygen atoms in total. The summed E-state index contributed by atoms with van der Waals surface area (Å²) in [5.74, 6) is -0.355. The fraction of sp³-hybridized carbons (Fsp3) is 0.333. The Bertz CT molecular complexity index is 932. The molecule has 2 aromatic rings. The van der Waals surface area contributed by atoms with Crippen molar-refractivity contribution in [2.24, 2.45) is 0 Å². The number of amides is 1. The van der Waals surface area contributed by atoms with Crippen molar-refractivity contribution in [2.45, 2.75) is 30.8 Å². The smallest absolute Gasteiger partial charge is 0.271 e. The van der Waals surface area contributed by atoms with Crippen molar-refractivity contribution in [1.82, 2.24) is 14.2 Å². The number of carbonyl (C=O) groups excluding carboxylic acids is 1. The average molecular weight is 375 g/mol.